The van der Waals surface area contributed by atoms with Gasteiger partial charge in [-0.1, -0.05) is 63.1 Å². The minimum Gasteiger partial charge on any atom is -0.507 e. The third kappa shape index (κ3) is 18.8. The summed E-state index contributed by atoms with van der Waals surface area (Å²) in [6.07, 6.45) is 4.97. The number of rotatable bonds is 24. The van der Waals surface area contributed by atoms with Gasteiger partial charge in [0.15, 0.2) is 0 Å². The molecule has 0 saturated carbocycles. The summed E-state index contributed by atoms with van der Waals surface area (Å²) < 4.78 is 0. The third-order valence-electron chi connectivity index (χ3n) is 10.5. The number of phenols is 4. The zero-order valence-corrected chi connectivity index (χ0v) is 41.0. The Labute approximate surface area is 419 Å². The predicted molar refractivity (Wildman–Crippen MR) is 268 cm³/mol. The number of carbonyl (C=O) groups is 8. The lowest BCUT2D eigenvalue weighted by Gasteiger charge is -2.12. The Bertz CT molecular complexity index is 2370. The third-order valence-corrected chi connectivity index (χ3v) is 12.5. The first-order chi connectivity index (χ1) is 34.1. The number of benzene rings is 4. The molecule has 0 atom stereocenters. The van der Waals surface area contributed by atoms with Gasteiger partial charge in [-0.25, -0.2) is 0 Å². The van der Waals surface area contributed by atoms with Crippen LogP contribution in [0.1, 0.15) is 129 Å². The highest BCUT2D eigenvalue weighted by molar-refractivity contribution is 7.99. The Morgan fingerprint density at radius 1 is 0.423 bits per heavy atom. The molecule has 0 unspecified atom stereocenters. The van der Waals surface area contributed by atoms with Crippen LogP contribution in [0.5, 0.6) is 23.0 Å². The van der Waals surface area contributed by atoms with E-state index in [1.165, 1.54) is 59.9 Å². The smallest absolute Gasteiger partial charge is 0.273 e. The fourth-order valence-electron chi connectivity index (χ4n) is 6.56. The van der Waals surface area contributed by atoms with Gasteiger partial charge in [0, 0.05) is 48.7 Å². The zero-order chi connectivity index (χ0) is 51.7. The van der Waals surface area contributed by atoms with Crippen LogP contribution in [0.2, 0.25) is 0 Å². The van der Waals surface area contributed by atoms with Crippen molar-refractivity contribution in [2.75, 3.05) is 23.0 Å². The number of hydrogen-bond donors (Lipinski definition) is 12. The number of hydrogen-bond acceptors (Lipinski definition) is 14. The van der Waals surface area contributed by atoms with Crippen LogP contribution in [0.15, 0.2) is 72.8 Å². The summed E-state index contributed by atoms with van der Waals surface area (Å²) in [7, 11) is 0. The van der Waals surface area contributed by atoms with Gasteiger partial charge in [-0.2, -0.15) is 23.5 Å². The number of carbonyl (C=O) groups excluding carboxylic acids is 8. The van der Waals surface area contributed by atoms with E-state index in [2.05, 4.69) is 43.4 Å². The van der Waals surface area contributed by atoms with E-state index in [9.17, 15) is 58.8 Å². The summed E-state index contributed by atoms with van der Waals surface area (Å²) >= 11 is 2.59. The van der Waals surface area contributed by atoms with Gasteiger partial charge in [0.2, 0.25) is 23.6 Å². The lowest BCUT2D eigenvalue weighted by molar-refractivity contribution is -0.122. The molecule has 0 radical (unpaired) electrons. The molecule has 0 fully saturated rings. The van der Waals surface area contributed by atoms with Crippen molar-refractivity contribution in [3.05, 3.63) is 117 Å². The number of aryl methyl sites for hydroxylation is 2. The largest absolute Gasteiger partial charge is 0.507 e. The van der Waals surface area contributed by atoms with E-state index in [-0.39, 0.29) is 77.4 Å². The lowest BCUT2D eigenvalue weighted by atomic mass is 10.00. The standard InChI is InChI=1S/C49H60N8O12S2/c1-3-5-9-32-11-7-13-34(44(32)64)46(66)54-50-40(60)19-23-70-25-21-42(62)52-56-48(68)36-28-30(15-17-38(36)58)27-31-16-18-39(59)37(29-31)49(69)57-53-43(63)22-26-71-24-20-41(61)51-55-47(67)35-14-8-12-33(45(35)65)10-6-4-2/h7-8,11-18,28-29,58-59,64-65H,3-6,9-10,19-27H2,1-2H3,(H,50,60)(H,51,61)(H,52,62)(H,53,63)(H,54,66)(H,55,67)(H,56,68)(H,57,69). The highest BCUT2D eigenvalue weighted by Crippen LogP contribution is 2.26. The van der Waals surface area contributed by atoms with Crippen LogP contribution in [0.25, 0.3) is 0 Å². The topological polar surface area (TPSA) is 314 Å². The molecule has 0 heterocycles. The minimum absolute atomic E-state index is 0.0153. The van der Waals surface area contributed by atoms with Crippen LogP contribution in [-0.2, 0) is 38.4 Å². The molecule has 0 aliphatic rings. The van der Waals surface area contributed by atoms with Gasteiger partial charge in [-0.05, 0) is 90.8 Å². The molecule has 71 heavy (non-hydrogen) atoms. The summed E-state index contributed by atoms with van der Waals surface area (Å²) in [6.45, 7) is 4.04. The number of amides is 8. The highest BCUT2D eigenvalue weighted by atomic mass is 32.2. The summed E-state index contributed by atoms with van der Waals surface area (Å²) in [6, 6.07) is 18.2. The quantitative estimate of drug-likeness (QED) is 0.0345. The first kappa shape index (κ1) is 56.1. The maximum atomic E-state index is 12.9. The Morgan fingerprint density at radius 2 is 0.746 bits per heavy atom. The van der Waals surface area contributed by atoms with Crippen molar-refractivity contribution in [1.29, 1.82) is 0 Å². The number of unbranched alkanes of at least 4 members (excludes halogenated alkanes) is 2. The van der Waals surface area contributed by atoms with Gasteiger partial charge in [0.1, 0.15) is 23.0 Å². The highest BCUT2D eigenvalue weighted by Gasteiger charge is 2.19. The molecule has 22 heteroatoms. The number of phenolic OH excluding ortho intramolecular Hbond substituents is 4. The summed E-state index contributed by atoms with van der Waals surface area (Å²) in [4.78, 5) is 100. The Kier molecular flexibility index (Phi) is 23.4. The molecule has 0 aliphatic heterocycles. The van der Waals surface area contributed by atoms with Crippen molar-refractivity contribution < 1.29 is 58.8 Å². The normalized spacial score (nSPS) is 10.6. The number of nitrogens with one attached hydrogen (secondary N) is 8. The maximum Gasteiger partial charge on any atom is 0.273 e. The molecule has 0 aliphatic carbocycles. The Balaban J connectivity index is 1.11. The molecule has 12 N–H and O–H groups in total. The van der Waals surface area contributed by atoms with Crippen LogP contribution in [-0.4, -0.2) is 90.7 Å². The van der Waals surface area contributed by atoms with Crippen LogP contribution >= 0.6 is 23.5 Å². The molecule has 0 saturated heterocycles. The van der Waals surface area contributed by atoms with E-state index in [1.807, 2.05) is 13.8 Å². The van der Waals surface area contributed by atoms with Gasteiger partial charge in [0.05, 0.1) is 22.3 Å². The van der Waals surface area contributed by atoms with Gasteiger partial charge < -0.3 is 20.4 Å². The first-order valence-electron chi connectivity index (χ1n) is 22.9. The van der Waals surface area contributed by atoms with Crippen LogP contribution in [0.3, 0.4) is 0 Å². The van der Waals surface area contributed by atoms with E-state index in [4.69, 9.17) is 0 Å². The molecule has 0 bridgehead atoms. The van der Waals surface area contributed by atoms with Crippen LogP contribution in [0.4, 0.5) is 0 Å². The second kappa shape index (κ2) is 29.5. The van der Waals surface area contributed by atoms with Gasteiger partial charge in [-0.15, -0.1) is 0 Å². The van der Waals surface area contributed by atoms with Gasteiger partial charge in [-0.3, -0.25) is 81.8 Å². The van der Waals surface area contributed by atoms with Crippen molar-refractivity contribution in [2.24, 2.45) is 0 Å². The zero-order valence-electron chi connectivity index (χ0n) is 39.4. The van der Waals surface area contributed by atoms with E-state index in [0.29, 0.717) is 58.1 Å². The Morgan fingerprint density at radius 3 is 1.07 bits per heavy atom. The van der Waals surface area contributed by atoms with Crippen molar-refractivity contribution in [3.8, 4) is 23.0 Å². The van der Waals surface area contributed by atoms with Crippen molar-refractivity contribution in [2.45, 2.75) is 84.5 Å². The molecule has 380 valence electrons. The number of para-hydroxylation sites is 2. The Hall–Kier alpha value is -7.46. The number of thioether (sulfide) groups is 2. The molecule has 4 aromatic carbocycles. The van der Waals surface area contributed by atoms with Crippen LogP contribution < -0.4 is 43.4 Å². The van der Waals surface area contributed by atoms with Crippen molar-refractivity contribution in [3.63, 3.8) is 0 Å². The lowest BCUT2D eigenvalue weighted by Crippen LogP contribution is -2.42. The fourth-order valence-corrected chi connectivity index (χ4v) is 8.29. The minimum atomic E-state index is -0.807. The first-order valence-corrected chi connectivity index (χ1v) is 25.2. The molecular weight excluding hydrogens is 957 g/mol. The fraction of sp³-hybridized carbons (Fsp3) is 0.347. The molecular formula is C49H60N8O12S2. The number of hydrazine groups is 4. The van der Waals surface area contributed by atoms with Crippen molar-refractivity contribution >= 4 is 70.8 Å². The molecule has 0 spiro atoms. The second-order valence-corrected chi connectivity index (χ2v) is 18.4. The predicted octanol–water partition coefficient (Wildman–Crippen LogP) is 4.26. The van der Waals surface area contributed by atoms with E-state index >= 15 is 0 Å². The average molecular weight is 1020 g/mol. The molecule has 0 aromatic heterocycles. The molecule has 4 aromatic rings. The number of aromatic hydroxyl groups is 4. The molecule has 4 rings (SSSR count). The summed E-state index contributed by atoms with van der Waals surface area (Å²) in [5.41, 5.74) is 20.4. The molecule has 20 nitrogen and oxygen atoms in total. The van der Waals surface area contributed by atoms with Crippen molar-refractivity contribution in [1.82, 2.24) is 43.4 Å². The summed E-state index contributed by atoms with van der Waals surface area (Å²) in [5.74, 6) is -4.66. The SMILES string of the molecule is CCCCc1cccc(C(=O)NNC(=O)CCSCCC(=O)NNC(=O)c2cc(Cc3ccc(O)c(C(=O)NNC(=O)CCSCCC(=O)NNC(=O)c4cccc(CCCC)c4O)c3)ccc2O)c1O. The van der Waals surface area contributed by atoms with E-state index in [0.717, 1.165) is 25.7 Å². The van der Waals surface area contributed by atoms with E-state index < -0.39 is 47.3 Å². The van der Waals surface area contributed by atoms with Gasteiger partial charge in [0.25, 0.3) is 23.6 Å². The summed E-state index contributed by atoms with van der Waals surface area (Å²) in [5, 5.41) is 41.7. The van der Waals surface area contributed by atoms with Crippen LogP contribution in [0, 0.1) is 0 Å². The van der Waals surface area contributed by atoms with E-state index in [1.54, 1.807) is 36.4 Å². The average Bonchev–Trinajstić information content (AvgIpc) is 3.36. The monoisotopic (exact) mass is 1020 g/mol. The molecule has 8 amide bonds. The second-order valence-electron chi connectivity index (χ2n) is 15.9. The van der Waals surface area contributed by atoms with Gasteiger partial charge >= 0.3 is 0 Å². The maximum absolute atomic E-state index is 12.9.